The molecule has 1 saturated heterocycles. The number of rotatable bonds is 8. The molecule has 3 aromatic rings. The molecule has 1 aliphatic rings. The summed E-state index contributed by atoms with van der Waals surface area (Å²) < 4.78 is 41.6. The number of aryl methyl sites for hydroxylation is 1. The zero-order chi connectivity index (χ0) is 25.2. The third-order valence-corrected chi connectivity index (χ3v) is 9.24. The van der Waals surface area contributed by atoms with Crippen LogP contribution in [0.1, 0.15) is 36.6 Å². The molecule has 1 atom stereocenters. The summed E-state index contributed by atoms with van der Waals surface area (Å²) in [5.74, 6) is 0.110. The maximum atomic E-state index is 13.3. The van der Waals surface area contributed by atoms with Crippen molar-refractivity contribution < 1.29 is 12.8 Å². The first kappa shape index (κ1) is 25.4. The van der Waals surface area contributed by atoms with Gasteiger partial charge in [-0.2, -0.15) is 4.31 Å². The Morgan fingerprint density at radius 3 is 2.63 bits per heavy atom. The second-order valence-corrected chi connectivity index (χ2v) is 12.2. The Bertz CT molecular complexity index is 1280. The molecule has 2 aromatic carbocycles. The molecule has 0 spiro atoms. The summed E-state index contributed by atoms with van der Waals surface area (Å²) in [6, 6.07) is 9.88. The highest BCUT2D eigenvalue weighted by atomic mass is 32.2. The van der Waals surface area contributed by atoms with Crippen molar-refractivity contribution in [1.29, 1.82) is 5.41 Å². The summed E-state index contributed by atoms with van der Waals surface area (Å²) >= 11 is 1.13. The summed E-state index contributed by atoms with van der Waals surface area (Å²) in [4.78, 5) is 6.29. The van der Waals surface area contributed by atoms with Gasteiger partial charge in [-0.1, -0.05) is 13.8 Å². The average Bonchev–Trinajstić information content (AvgIpc) is 3.37. The van der Waals surface area contributed by atoms with Gasteiger partial charge < -0.3 is 10.7 Å². The van der Waals surface area contributed by atoms with Crippen molar-refractivity contribution in [3.63, 3.8) is 0 Å². The van der Waals surface area contributed by atoms with Gasteiger partial charge in [0.1, 0.15) is 5.82 Å². The van der Waals surface area contributed by atoms with E-state index in [9.17, 15) is 12.8 Å². The molecule has 0 bridgehead atoms. The van der Waals surface area contributed by atoms with Gasteiger partial charge in [0.25, 0.3) is 10.0 Å². The van der Waals surface area contributed by atoms with Gasteiger partial charge in [-0.25, -0.2) is 12.8 Å². The Balaban J connectivity index is 1.69. The minimum atomic E-state index is -3.62. The molecule has 1 aromatic heterocycles. The molecule has 0 unspecified atom stereocenters. The monoisotopic (exact) mass is 515 g/mol. The van der Waals surface area contributed by atoms with E-state index in [-0.39, 0.29) is 16.1 Å². The highest BCUT2D eigenvalue weighted by Crippen LogP contribution is 2.34. The van der Waals surface area contributed by atoms with E-state index in [1.807, 2.05) is 19.1 Å². The molecule has 10 heteroatoms. The minimum Gasteiger partial charge on any atom is -0.355 e. The van der Waals surface area contributed by atoms with E-state index in [1.54, 1.807) is 16.4 Å². The van der Waals surface area contributed by atoms with Gasteiger partial charge in [0.05, 0.1) is 11.7 Å². The number of aromatic nitrogens is 1. The van der Waals surface area contributed by atoms with E-state index in [1.165, 1.54) is 30.1 Å². The van der Waals surface area contributed by atoms with Crippen LogP contribution in [-0.4, -0.2) is 55.0 Å². The average molecular weight is 516 g/mol. The first-order valence-electron chi connectivity index (χ1n) is 11.5. The Morgan fingerprint density at radius 1 is 1.26 bits per heavy atom. The van der Waals surface area contributed by atoms with E-state index in [0.717, 1.165) is 40.4 Å². The van der Waals surface area contributed by atoms with Gasteiger partial charge in [0.2, 0.25) is 0 Å². The number of nitrogens with zero attached hydrogens (tertiary/aromatic N) is 3. The number of hydrogen-bond acceptors (Lipinski definition) is 7. The summed E-state index contributed by atoms with van der Waals surface area (Å²) in [6.07, 6.45) is 2.69. The lowest BCUT2D eigenvalue weighted by Crippen LogP contribution is -2.51. The van der Waals surface area contributed by atoms with E-state index in [4.69, 9.17) is 5.41 Å². The zero-order valence-electron chi connectivity index (χ0n) is 20.0. The molecule has 186 valence electrons. The molecular formula is C25H30FN5O2S2. The van der Waals surface area contributed by atoms with Gasteiger partial charge in [-0.15, -0.1) is 11.3 Å². The number of hydrogen-bond donors (Lipinski definition) is 2. The molecular weight excluding hydrogens is 485 g/mol. The third kappa shape index (κ3) is 5.61. The fourth-order valence-electron chi connectivity index (χ4n) is 4.47. The predicted octanol–water partition coefficient (Wildman–Crippen LogP) is 5.04. The van der Waals surface area contributed by atoms with Crippen LogP contribution >= 0.6 is 11.3 Å². The minimum absolute atomic E-state index is 0.146. The maximum absolute atomic E-state index is 13.3. The van der Waals surface area contributed by atoms with E-state index >= 15 is 0 Å². The molecule has 0 amide bonds. The van der Waals surface area contributed by atoms with E-state index in [0.29, 0.717) is 31.1 Å². The topological polar surface area (TPSA) is 89.4 Å². The van der Waals surface area contributed by atoms with Gasteiger partial charge in [-0.05, 0) is 60.4 Å². The lowest BCUT2D eigenvalue weighted by atomic mass is 9.94. The number of piperazine rings is 1. The highest BCUT2D eigenvalue weighted by molar-refractivity contribution is 7.91. The van der Waals surface area contributed by atoms with Crippen LogP contribution in [0.4, 0.5) is 15.8 Å². The van der Waals surface area contributed by atoms with E-state index in [2.05, 4.69) is 29.0 Å². The van der Waals surface area contributed by atoms with Gasteiger partial charge in [0, 0.05) is 55.4 Å². The number of halogens is 1. The molecule has 2 N–H and O–H groups in total. The Morgan fingerprint density at radius 2 is 2.00 bits per heavy atom. The highest BCUT2D eigenvalue weighted by Gasteiger charge is 2.36. The Kier molecular flexibility index (Phi) is 7.65. The van der Waals surface area contributed by atoms with Crippen LogP contribution in [0.25, 0.3) is 0 Å². The standard InChI is InChI=1S/C25H30FN5O2S2/c1-17(2)14-30-8-9-31(35(32,33)25-13-28-16-34-25)15-24(30)22-11-19(12-27)23(10-18(22)3)29-21-6-4-20(26)5-7-21/h4-7,10-13,16-17,24,27,29H,8-9,14-15H2,1-3H3/t24-/m1/s1. The molecule has 1 aliphatic heterocycles. The molecule has 0 saturated carbocycles. The van der Waals surface area contributed by atoms with Crippen LogP contribution in [0.15, 0.2) is 52.3 Å². The first-order valence-corrected chi connectivity index (χ1v) is 13.8. The van der Waals surface area contributed by atoms with Crippen molar-refractivity contribution in [2.45, 2.75) is 31.0 Å². The SMILES string of the molecule is Cc1cc(Nc2ccc(F)cc2)c(C=N)cc1[C@H]1CN(S(=O)(=O)c2cncs2)CCN1CC(C)C. The molecule has 2 heterocycles. The number of anilines is 2. The van der Waals surface area contributed by atoms with Crippen LogP contribution in [0.5, 0.6) is 0 Å². The van der Waals surface area contributed by atoms with Crippen molar-refractivity contribution in [3.05, 3.63) is 70.6 Å². The molecule has 0 radical (unpaired) electrons. The summed E-state index contributed by atoms with van der Waals surface area (Å²) in [5, 5.41) is 11.3. The molecule has 35 heavy (non-hydrogen) atoms. The van der Waals surface area contributed by atoms with Crippen LogP contribution in [-0.2, 0) is 10.0 Å². The largest absolute Gasteiger partial charge is 0.355 e. The van der Waals surface area contributed by atoms with Crippen molar-refractivity contribution in [2.75, 3.05) is 31.5 Å². The van der Waals surface area contributed by atoms with Crippen LogP contribution in [0, 0.1) is 24.1 Å². The summed E-state index contributed by atoms with van der Waals surface area (Å²) in [5.41, 5.74) is 5.68. The van der Waals surface area contributed by atoms with Crippen LogP contribution in [0.2, 0.25) is 0 Å². The normalized spacial score (nSPS) is 17.6. The zero-order valence-corrected chi connectivity index (χ0v) is 21.7. The number of nitrogens with one attached hydrogen (secondary N) is 2. The summed E-state index contributed by atoms with van der Waals surface area (Å²) in [7, 11) is -3.62. The lowest BCUT2D eigenvalue weighted by Gasteiger charge is -2.42. The number of benzene rings is 2. The molecule has 4 rings (SSSR count). The summed E-state index contributed by atoms with van der Waals surface area (Å²) in [6.45, 7) is 8.53. The number of thiazole rings is 1. The Labute approximate surface area is 210 Å². The molecule has 7 nitrogen and oxygen atoms in total. The first-order chi connectivity index (χ1) is 16.7. The van der Waals surface area contributed by atoms with Crippen LogP contribution in [0.3, 0.4) is 0 Å². The van der Waals surface area contributed by atoms with Gasteiger partial charge in [-0.3, -0.25) is 9.88 Å². The van der Waals surface area contributed by atoms with Crippen molar-refractivity contribution in [3.8, 4) is 0 Å². The predicted molar refractivity (Wildman–Crippen MR) is 139 cm³/mol. The smallest absolute Gasteiger partial charge is 0.254 e. The van der Waals surface area contributed by atoms with Crippen molar-refractivity contribution in [1.82, 2.24) is 14.2 Å². The van der Waals surface area contributed by atoms with Crippen LogP contribution < -0.4 is 5.32 Å². The second kappa shape index (κ2) is 10.5. The third-order valence-electron chi connectivity index (χ3n) is 6.13. The quantitative estimate of drug-likeness (QED) is 0.411. The Hall–Kier alpha value is -2.66. The maximum Gasteiger partial charge on any atom is 0.254 e. The van der Waals surface area contributed by atoms with Crippen molar-refractivity contribution in [2.24, 2.45) is 5.92 Å². The molecule has 1 fully saturated rings. The number of sulfonamides is 1. The van der Waals surface area contributed by atoms with Gasteiger partial charge >= 0.3 is 0 Å². The fourth-order valence-corrected chi connectivity index (χ4v) is 6.86. The van der Waals surface area contributed by atoms with Crippen molar-refractivity contribution >= 4 is 38.9 Å². The van der Waals surface area contributed by atoms with Gasteiger partial charge in [0.15, 0.2) is 4.21 Å². The lowest BCUT2D eigenvalue weighted by molar-refractivity contribution is 0.105. The second-order valence-electron chi connectivity index (χ2n) is 9.16. The van der Waals surface area contributed by atoms with E-state index < -0.39 is 10.0 Å². The fraction of sp³-hybridized carbons (Fsp3) is 0.360. The molecule has 0 aliphatic carbocycles.